The van der Waals surface area contributed by atoms with Crippen molar-refractivity contribution in [2.45, 2.75) is 0 Å². The van der Waals surface area contributed by atoms with E-state index in [9.17, 15) is 0 Å². The Morgan fingerprint density at radius 2 is 1.02 bits per heavy atom. The van der Waals surface area contributed by atoms with E-state index in [-0.39, 0.29) is 0 Å². The van der Waals surface area contributed by atoms with Crippen LogP contribution in [0.2, 0.25) is 0 Å². The van der Waals surface area contributed by atoms with Gasteiger partial charge in [-0.1, -0.05) is 121 Å². The summed E-state index contributed by atoms with van der Waals surface area (Å²) in [4.78, 5) is 2.40. The van der Waals surface area contributed by atoms with E-state index in [4.69, 9.17) is 4.42 Å². The van der Waals surface area contributed by atoms with Crippen LogP contribution in [0.3, 0.4) is 0 Å². The van der Waals surface area contributed by atoms with E-state index in [1.54, 1.807) is 0 Å². The van der Waals surface area contributed by atoms with Crippen molar-refractivity contribution in [2.24, 2.45) is 0 Å². The second-order valence-electron chi connectivity index (χ2n) is 12.5. The first-order valence-corrected chi connectivity index (χ1v) is 17.4. The number of nitrogens with zero attached hydrogens (tertiary/aromatic N) is 1. The number of benzene rings is 8. The molecule has 0 atom stereocenters. The van der Waals surface area contributed by atoms with E-state index in [2.05, 4.69) is 169 Å². The molecule has 3 heteroatoms. The molecule has 10 aromatic rings. The number of furan rings is 1. The average Bonchev–Trinajstić information content (AvgIpc) is 3.73. The summed E-state index contributed by atoms with van der Waals surface area (Å²) in [5.41, 5.74) is 9.81. The first-order valence-electron chi connectivity index (χ1n) is 16.6. The smallest absolute Gasteiger partial charge is 0.136 e. The van der Waals surface area contributed by atoms with Crippen molar-refractivity contribution >= 4 is 81.3 Å². The Kier molecular flexibility index (Phi) is 6.39. The normalized spacial score (nSPS) is 11.7. The fourth-order valence-corrected chi connectivity index (χ4v) is 8.47. The maximum absolute atomic E-state index is 6.33. The molecule has 0 fully saturated rings. The van der Waals surface area contributed by atoms with Gasteiger partial charge in [0, 0.05) is 47.6 Å². The van der Waals surface area contributed by atoms with Crippen molar-refractivity contribution in [2.75, 3.05) is 4.90 Å². The van der Waals surface area contributed by atoms with Gasteiger partial charge < -0.3 is 9.32 Å². The van der Waals surface area contributed by atoms with Crippen molar-refractivity contribution < 1.29 is 4.42 Å². The van der Waals surface area contributed by atoms with Crippen molar-refractivity contribution in [1.29, 1.82) is 0 Å². The van der Waals surface area contributed by atoms with Crippen LogP contribution in [-0.2, 0) is 0 Å². The van der Waals surface area contributed by atoms with Crippen LogP contribution in [0.4, 0.5) is 17.1 Å². The number of para-hydroxylation sites is 2. The fraction of sp³-hybridized carbons (Fsp3) is 0. The molecule has 49 heavy (non-hydrogen) atoms. The van der Waals surface area contributed by atoms with Gasteiger partial charge in [-0.2, -0.15) is 0 Å². The van der Waals surface area contributed by atoms with Crippen LogP contribution in [0, 0.1) is 0 Å². The standard InChI is InChI=1S/C46H29NOS/c1-2-12-35-31(10-1)11-9-17-42(35)47(34-24-20-30(21-25-34)32-22-27-40-39-15-5-8-19-45(39)49-46(40)29-32)41-16-6-3-13-36(41)33-23-26-38-37-14-4-7-18-43(37)48-44(38)28-33/h1-29H. The van der Waals surface area contributed by atoms with Crippen molar-refractivity contribution in [3.63, 3.8) is 0 Å². The summed E-state index contributed by atoms with van der Waals surface area (Å²) in [6.07, 6.45) is 0. The number of anilines is 3. The molecule has 0 saturated heterocycles. The van der Waals surface area contributed by atoms with E-state index >= 15 is 0 Å². The molecule has 2 nitrogen and oxygen atoms in total. The third-order valence-electron chi connectivity index (χ3n) is 9.68. The highest BCUT2D eigenvalue weighted by Crippen LogP contribution is 2.45. The molecule has 8 aromatic carbocycles. The predicted octanol–water partition coefficient (Wildman–Crippen LogP) is 13.9. The molecular weight excluding hydrogens is 615 g/mol. The van der Waals surface area contributed by atoms with E-state index in [1.807, 2.05) is 23.5 Å². The van der Waals surface area contributed by atoms with Gasteiger partial charge in [-0.05, 0) is 76.7 Å². The number of fused-ring (bicyclic) bond motifs is 7. The van der Waals surface area contributed by atoms with Crippen LogP contribution in [0.15, 0.2) is 180 Å². The highest BCUT2D eigenvalue weighted by Gasteiger charge is 2.20. The van der Waals surface area contributed by atoms with Crippen molar-refractivity contribution in [3.05, 3.63) is 176 Å². The van der Waals surface area contributed by atoms with Gasteiger partial charge in [0.05, 0.1) is 11.4 Å². The minimum absolute atomic E-state index is 0.894. The lowest BCUT2D eigenvalue weighted by molar-refractivity contribution is 0.669. The second kappa shape index (κ2) is 11.2. The quantitative estimate of drug-likeness (QED) is 0.186. The number of hydrogen-bond donors (Lipinski definition) is 0. The Morgan fingerprint density at radius 3 is 1.94 bits per heavy atom. The molecule has 10 rings (SSSR count). The lowest BCUT2D eigenvalue weighted by atomic mass is 9.99. The molecule has 2 aromatic heterocycles. The second-order valence-corrected chi connectivity index (χ2v) is 13.6. The molecule has 0 aliphatic carbocycles. The summed E-state index contributed by atoms with van der Waals surface area (Å²) in [5.74, 6) is 0. The largest absolute Gasteiger partial charge is 0.456 e. The van der Waals surface area contributed by atoms with Crippen LogP contribution >= 0.6 is 11.3 Å². The Labute approximate surface area is 287 Å². The van der Waals surface area contributed by atoms with Gasteiger partial charge in [-0.15, -0.1) is 11.3 Å². The van der Waals surface area contributed by atoms with Gasteiger partial charge >= 0.3 is 0 Å². The highest BCUT2D eigenvalue weighted by atomic mass is 32.1. The van der Waals surface area contributed by atoms with Gasteiger partial charge in [-0.3, -0.25) is 0 Å². The van der Waals surface area contributed by atoms with E-state index in [0.717, 1.165) is 50.1 Å². The zero-order valence-corrected chi connectivity index (χ0v) is 27.3. The van der Waals surface area contributed by atoms with Crippen molar-refractivity contribution in [3.8, 4) is 22.3 Å². The summed E-state index contributed by atoms with van der Waals surface area (Å²) in [6, 6.07) is 63.3. The molecule has 0 spiro atoms. The highest BCUT2D eigenvalue weighted by molar-refractivity contribution is 7.25. The molecule has 0 aliphatic heterocycles. The van der Waals surface area contributed by atoms with Gasteiger partial charge in [0.25, 0.3) is 0 Å². The molecule has 0 saturated carbocycles. The number of thiophene rings is 1. The van der Waals surface area contributed by atoms with E-state index in [0.29, 0.717) is 0 Å². The molecule has 0 aliphatic rings. The van der Waals surface area contributed by atoms with E-state index in [1.165, 1.54) is 42.1 Å². The summed E-state index contributed by atoms with van der Waals surface area (Å²) in [5, 5.41) is 7.33. The maximum atomic E-state index is 6.33. The third kappa shape index (κ3) is 4.62. The van der Waals surface area contributed by atoms with Crippen LogP contribution in [0.1, 0.15) is 0 Å². The first-order chi connectivity index (χ1) is 24.3. The molecule has 0 amide bonds. The van der Waals surface area contributed by atoms with E-state index < -0.39 is 0 Å². The Balaban J connectivity index is 1.13. The average molecular weight is 644 g/mol. The predicted molar refractivity (Wildman–Crippen MR) is 210 cm³/mol. The fourth-order valence-electron chi connectivity index (χ4n) is 7.33. The maximum Gasteiger partial charge on any atom is 0.136 e. The topological polar surface area (TPSA) is 16.4 Å². The SMILES string of the molecule is c1ccc(N(c2ccc(-c3ccc4c(c3)sc3ccccc34)cc2)c2cccc3ccccc23)c(-c2ccc3c(c2)oc2ccccc23)c1. The summed E-state index contributed by atoms with van der Waals surface area (Å²) in [7, 11) is 0. The lowest BCUT2D eigenvalue weighted by Crippen LogP contribution is -2.11. The molecule has 0 unspecified atom stereocenters. The monoisotopic (exact) mass is 643 g/mol. The van der Waals surface area contributed by atoms with Gasteiger partial charge in [0.15, 0.2) is 0 Å². The first kappa shape index (κ1) is 27.9. The van der Waals surface area contributed by atoms with Crippen LogP contribution in [0.5, 0.6) is 0 Å². The zero-order chi connectivity index (χ0) is 32.3. The Hall–Kier alpha value is -6.16. The minimum Gasteiger partial charge on any atom is -0.456 e. The molecule has 0 N–H and O–H groups in total. The summed E-state index contributed by atoms with van der Waals surface area (Å²) in [6.45, 7) is 0. The molecule has 230 valence electrons. The van der Waals surface area contributed by atoms with Gasteiger partial charge in [-0.25, -0.2) is 0 Å². The lowest BCUT2D eigenvalue weighted by Gasteiger charge is -2.29. The molecular formula is C46H29NOS. The molecule has 0 bridgehead atoms. The third-order valence-corrected chi connectivity index (χ3v) is 10.8. The van der Waals surface area contributed by atoms with Crippen LogP contribution < -0.4 is 4.90 Å². The van der Waals surface area contributed by atoms with Crippen molar-refractivity contribution in [1.82, 2.24) is 0 Å². The van der Waals surface area contributed by atoms with Gasteiger partial charge in [0.2, 0.25) is 0 Å². The van der Waals surface area contributed by atoms with Crippen LogP contribution in [-0.4, -0.2) is 0 Å². The number of hydrogen-bond acceptors (Lipinski definition) is 3. The molecule has 2 heterocycles. The Morgan fingerprint density at radius 1 is 0.388 bits per heavy atom. The molecule has 0 radical (unpaired) electrons. The zero-order valence-electron chi connectivity index (χ0n) is 26.5. The summed E-state index contributed by atoms with van der Waals surface area (Å²) >= 11 is 1.86. The van der Waals surface area contributed by atoms with Gasteiger partial charge in [0.1, 0.15) is 11.2 Å². The minimum atomic E-state index is 0.894. The Bertz CT molecular complexity index is 2840. The summed E-state index contributed by atoms with van der Waals surface area (Å²) < 4.78 is 8.97. The number of rotatable bonds is 5. The van der Waals surface area contributed by atoms with Crippen LogP contribution in [0.25, 0.3) is 75.1 Å².